The molecule has 0 fully saturated rings. The number of hydrogen-bond acceptors (Lipinski definition) is 6. The van der Waals surface area contributed by atoms with Crippen molar-refractivity contribution in [2.45, 2.75) is 19.4 Å². The number of halogens is 1. The first-order valence-corrected chi connectivity index (χ1v) is 11.0. The summed E-state index contributed by atoms with van der Waals surface area (Å²) >= 11 is 6.05. The summed E-state index contributed by atoms with van der Waals surface area (Å²) in [5, 5.41) is 11.9. The molecule has 33 heavy (non-hydrogen) atoms. The smallest absolute Gasteiger partial charge is 0.290 e. The monoisotopic (exact) mass is 469 g/mol. The summed E-state index contributed by atoms with van der Waals surface area (Å²) in [7, 11) is 1.52. The summed E-state index contributed by atoms with van der Waals surface area (Å²) in [6.45, 7) is 2.97. The third kappa shape index (κ3) is 4.47. The second-order valence-corrected chi connectivity index (χ2v) is 8.14. The van der Waals surface area contributed by atoms with Gasteiger partial charge in [-0.3, -0.25) is 9.59 Å². The Morgan fingerprint density at radius 2 is 2.00 bits per heavy atom. The number of fused-ring (bicyclic) bond motifs is 1. The number of furan rings is 1. The topological polar surface area (TPSA) is 89.2 Å². The Morgan fingerprint density at radius 1 is 1.18 bits per heavy atom. The van der Waals surface area contributed by atoms with Crippen molar-refractivity contribution in [2.24, 2.45) is 0 Å². The Bertz CT molecular complexity index is 1230. The van der Waals surface area contributed by atoms with Crippen LogP contribution in [0.15, 0.2) is 64.3 Å². The van der Waals surface area contributed by atoms with Gasteiger partial charge >= 0.3 is 0 Å². The fourth-order valence-corrected chi connectivity index (χ4v) is 4.09. The number of benzene rings is 2. The van der Waals surface area contributed by atoms with Crippen molar-refractivity contribution in [1.29, 1.82) is 0 Å². The van der Waals surface area contributed by atoms with Crippen LogP contribution in [0.5, 0.6) is 5.75 Å². The second kappa shape index (κ2) is 9.68. The van der Waals surface area contributed by atoms with Gasteiger partial charge < -0.3 is 23.9 Å². The molecule has 8 heteroatoms. The predicted molar refractivity (Wildman–Crippen MR) is 124 cm³/mol. The number of amides is 1. The van der Waals surface area contributed by atoms with Crippen LogP contribution < -0.4 is 4.74 Å². The van der Waals surface area contributed by atoms with Gasteiger partial charge in [-0.25, -0.2) is 0 Å². The molecule has 0 bridgehead atoms. The second-order valence-electron chi connectivity index (χ2n) is 7.70. The van der Waals surface area contributed by atoms with Gasteiger partial charge in [-0.15, -0.1) is 0 Å². The molecule has 1 atom stereocenters. The van der Waals surface area contributed by atoms with Gasteiger partial charge in [0, 0.05) is 24.1 Å². The van der Waals surface area contributed by atoms with Crippen molar-refractivity contribution in [3.63, 3.8) is 0 Å². The number of Topliss-reactive ketones (excluding diaryl/α,β-unsaturated/α-hetero) is 1. The lowest BCUT2D eigenvalue weighted by Crippen LogP contribution is -2.34. The molecule has 0 radical (unpaired) electrons. The van der Waals surface area contributed by atoms with Gasteiger partial charge in [0.2, 0.25) is 5.78 Å². The molecule has 1 N–H and O–H groups in total. The number of nitrogens with zero attached hydrogens (tertiary/aromatic N) is 1. The van der Waals surface area contributed by atoms with Crippen LogP contribution in [-0.2, 0) is 9.53 Å². The summed E-state index contributed by atoms with van der Waals surface area (Å²) in [5.41, 5.74) is 1.07. The summed E-state index contributed by atoms with van der Waals surface area (Å²) in [6, 6.07) is 12.9. The third-order valence-corrected chi connectivity index (χ3v) is 5.67. The molecule has 3 aromatic rings. The number of aliphatic hydroxyl groups excluding tert-OH is 1. The van der Waals surface area contributed by atoms with Crippen molar-refractivity contribution >= 4 is 34.3 Å². The Balaban J connectivity index is 1.77. The highest BCUT2D eigenvalue weighted by atomic mass is 35.5. The van der Waals surface area contributed by atoms with Crippen LogP contribution in [-0.4, -0.2) is 48.6 Å². The van der Waals surface area contributed by atoms with E-state index in [4.69, 9.17) is 25.5 Å². The van der Waals surface area contributed by atoms with Gasteiger partial charge in [-0.1, -0.05) is 30.7 Å². The number of aliphatic hydroxyl groups is 1. The first-order chi connectivity index (χ1) is 15.9. The average molecular weight is 470 g/mol. The van der Waals surface area contributed by atoms with Crippen LogP contribution >= 0.6 is 11.6 Å². The molecule has 7 nitrogen and oxygen atoms in total. The molecule has 0 spiro atoms. The minimum absolute atomic E-state index is 0.0126. The molecule has 0 aliphatic carbocycles. The van der Waals surface area contributed by atoms with E-state index in [2.05, 4.69) is 0 Å². The average Bonchev–Trinajstić information content (AvgIpc) is 3.34. The van der Waals surface area contributed by atoms with Gasteiger partial charge in [0.1, 0.15) is 11.3 Å². The molecule has 2 aromatic carbocycles. The number of carbonyl (C=O) groups is 2. The van der Waals surface area contributed by atoms with Crippen LogP contribution in [0, 0.1) is 0 Å². The van der Waals surface area contributed by atoms with E-state index in [1.54, 1.807) is 42.5 Å². The molecule has 1 aliphatic rings. The molecule has 1 unspecified atom stereocenters. The number of rotatable bonds is 9. The summed E-state index contributed by atoms with van der Waals surface area (Å²) in [6.07, 6.45) is 0.840. The third-order valence-electron chi connectivity index (χ3n) is 5.43. The first kappa shape index (κ1) is 22.9. The maximum absolute atomic E-state index is 13.5. The van der Waals surface area contributed by atoms with Crippen LogP contribution in [0.3, 0.4) is 0 Å². The molecule has 1 aliphatic heterocycles. The minimum atomic E-state index is -0.817. The molecule has 0 saturated carbocycles. The predicted octanol–water partition coefficient (Wildman–Crippen LogP) is 5.10. The first-order valence-electron chi connectivity index (χ1n) is 10.6. The van der Waals surface area contributed by atoms with Gasteiger partial charge in [0.15, 0.2) is 11.5 Å². The summed E-state index contributed by atoms with van der Waals surface area (Å²) in [4.78, 5) is 27.9. The number of methoxy groups -OCH3 is 1. The van der Waals surface area contributed by atoms with E-state index in [0.717, 1.165) is 6.42 Å². The molecule has 0 saturated heterocycles. The molecular formula is C25H24ClNO6. The largest absolute Gasteiger partial charge is 0.503 e. The molecule has 172 valence electrons. The number of ketones is 1. The van der Waals surface area contributed by atoms with Crippen molar-refractivity contribution in [1.82, 2.24) is 4.90 Å². The SMILES string of the molecule is CCCOc1cccc(C2C(C(=O)c3cc4cc(Cl)ccc4o3)=C(O)C(=O)N2CCOC)c1. The van der Waals surface area contributed by atoms with E-state index in [1.807, 2.05) is 13.0 Å². The van der Waals surface area contributed by atoms with E-state index in [1.165, 1.54) is 12.0 Å². The lowest BCUT2D eigenvalue weighted by Gasteiger charge is -2.26. The number of ether oxygens (including phenoxy) is 2. The van der Waals surface area contributed by atoms with Crippen LogP contribution in [0.1, 0.15) is 35.5 Å². The maximum Gasteiger partial charge on any atom is 0.290 e. The maximum atomic E-state index is 13.5. The number of hydrogen-bond donors (Lipinski definition) is 1. The van der Waals surface area contributed by atoms with Gasteiger partial charge in [0.05, 0.1) is 24.8 Å². The van der Waals surface area contributed by atoms with Gasteiger partial charge in [-0.05, 0) is 48.4 Å². The zero-order chi connectivity index (χ0) is 23.5. The zero-order valence-corrected chi connectivity index (χ0v) is 19.1. The van der Waals surface area contributed by atoms with E-state index < -0.39 is 23.5 Å². The quantitative estimate of drug-likeness (QED) is 0.438. The minimum Gasteiger partial charge on any atom is -0.503 e. The van der Waals surface area contributed by atoms with E-state index >= 15 is 0 Å². The molecule has 4 rings (SSSR count). The standard InChI is InChI=1S/C25H24ClNO6/c1-3-10-32-18-6-4-5-15(13-18)22-21(24(29)25(30)27(22)9-11-31-2)23(28)20-14-16-12-17(26)7-8-19(16)33-20/h4-8,12-14,22,29H,3,9-11H2,1-2H3. The van der Waals surface area contributed by atoms with Gasteiger partial charge in [0.25, 0.3) is 5.91 Å². The van der Waals surface area contributed by atoms with Crippen molar-refractivity contribution in [2.75, 3.05) is 26.9 Å². The fraction of sp³-hybridized carbons (Fsp3) is 0.280. The van der Waals surface area contributed by atoms with Crippen LogP contribution in [0.4, 0.5) is 0 Å². The zero-order valence-electron chi connectivity index (χ0n) is 18.3. The number of carbonyl (C=O) groups excluding carboxylic acids is 2. The summed E-state index contributed by atoms with van der Waals surface area (Å²) < 4.78 is 16.6. The fourth-order valence-electron chi connectivity index (χ4n) is 3.91. The van der Waals surface area contributed by atoms with Gasteiger partial charge in [-0.2, -0.15) is 0 Å². The molecule has 1 aromatic heterocycles. The Labute approximate surface area is 196 Å². The summed E-state index contributed by atoms with van der Waals surface area (Å²) in [5.74, 6) is -1.18. The molecule has 2 heterocycles. The molecular weight excluding hydrogens is 446 g/mol. The van der Waals surface area contributed by atoms with Crippen molar-refractivity contribution < 1.29 is 28.6 Å². The highest BCUT2D eigenvalue weighted by Crippen LogP contribution is 2.40. The normalized spacial score (nSPS) is 16.2. The van der Waals surface area contributed by atoms with E-state index in [9.17, 15) is 14.7 Å². The Hall–Kier alpha value is -3.29. The molecule has 1 amide bonds. The lowest BCUT2D eigenvalue weighted by molar-refractivity contribution is -0.130. The highest BCUT2D eigenvalue weighted by molar-refractivity contribution is 6.31. The Kier molecular flexibility index (Phi) is 6.72. The lowest BCUT2D eigenvalue weighted by atomic mass is 9.95. The Morgan fingerprint density at radius 3 is 2.76 bits per heavy atom. The highest BCUT2D eigenvalue weighted by Gasteiger charge is 2.44. The van der Waals surface area contributed by atoms with Crippen molar-refractivity contribution in [3.8, 4) is 5.75 Å². The van der Waals surface area contributed by atoms with Crippen molar-refractivity contribution in [3.05, 3.63) is 76.2 Å². The van der Waals surface area contributed by atoms with E-state index in [0.29, 0.717) is 33.9 Å². The van der Waals surface area contributed by atoms with Crippen LogP contribution in [0.2, 0.25) is 5.02 Å². The van der Waals surface area contributed by atoms with E-state index in [-0.39, 0.29) is 24.5 Å². The van der Waals surface area contributed by atoms with Crippen LogP contribution in [0.25, 0.3) is 11.0 Å².